The van der Waals surface area contributed by atoms with E-state index >= 15 is 0 Å². The Morgan fingerprint density at radius 1 is 1.71 bits per heavy atom. The van der Waals surface area contributed by atoms with Gasteiger partial charge < -0.3 is 15.8 Å². The van der Waals surface area contributed by atoms with E-state index in [2.05, 4.69) is 10.1 Å². The molecule has 4 nitrogen and oxygen atoms in total. The first kappa shape index (κ1) is 12.7. The van der Waals surface area contributed by atoms with Gasteiger partial charge in [-0.25, -0.2) is 4.79 Å². The first-order valence-corrected chi connectivity index (χ1v) is 6.80. The summed E-state index contributed by atoms with van der Waals surface area (Å²) in [5.41, 5.74) is 6.18. The Kier molecular flexibility index (Phi) is 4.25. The van der Waals surface area contributed by atoms with Crippen LogP contribution in [0.15, 0.2) is 6.07 Å². The number of halogens is 1. The fraction of sp³-hybridized carbons (Fsp3) is 0.545. The largest absolute Gasteiger partial charge is 0.448 e. The van der Waals surface area contributed by atoms with E-state index in [0.717, 1.165) is 23.6 Å². The third kappa shape index (κ3) is 3.34. The second kappa shape index (κ2) is 5.71. The lowest BCUT2D eigenvalue weighted by Crippen LogP contribution is -2.29. The highest BCUT2D eigenvalue weighted by molar-refractivity contribution is 7.16. The standard InChI is InChI=1S/C11H15ClN2O2S/c12-10-6-7-8(2-1-3-9(7)17-10)14-4-5-16-11(13)15/h6,8,14H,1-5H2,(H2,13,15). The Labute approximate surface area is 109 Å². The van der Waals surface area contributed by atoms with E-state index in [0.29, 0.717) is 19.2 Å². The van der Waals surface area contributed by atoms with Crippen molar-refractivity contribution < 1.29 is 9.53 Å². The Morgan fingerprint density at radius 2 is 2.53 bits per heavy atom. The van der Waals surface area contributed by atoms with Crippen LogP contribution in [0.4, 0.5) is 4.79 Å². The van der Waals surface area contributed by atoms with Crippen LogP contribution in [-0.4, -0.2) is 19.2 Å². The number of carbonyl (C=O) groups is 1. The van der Waals surface area contributed by atoms with Crippen molar-refractivity contribution in [2.24, 2.45) is 5.73 Å². The highest BCUT2D eigenvalue weighted by Crippen LogP contribution is 2.37. The number of thiophene rings is 1. The molecule has 3 N–H and O–H groups in total. The zero-order valence-corrected chi connectivity index (χ0v) is 10.9. The van der Waals surface area contributed by atoms with E-state index in [1.807, 2.05) is 6.07 Å². The molecule has 1 heterocycles. The highest BCUT2D eigenvalue weighted by atomic mass is 35.5. The smallest absolute Gasteiger partial charge is 0.404 e. The van der Waals surface area contributed by atoms with Crippen molar-refractivity contribution in [3.05, 3.63) is 20.8 Å². The van der Waals surface area contributed by atoms with Crippen molar-refractivity contribution in [1.29, 1.82) is 0 Å². The molecule has 0 fully saturated rings. The Hall–Kier alpha value is -0.780. The lowest BCUT2D eigenvalue weighted by molar-refractivity contribution is 0.155. The predicted molar refractivity (Wildman–Crippen MR) is 68.5 cm³/mol. The number of nitrogens with one attached hydrogen (secondary N) is 1. The Morgan fingerprint density at radius 3 is 3.29 bits per heavy atom. The molecule has 1 aromatic heterocycles. The van der Waals surface area contributed by atoms with Crippen LogP contribution in [0.3, 0.4) is 0 Å². The van der Waals surface area contributed by atoms with Gasteiger partial charge >= 0.3 is 6.09 Å². The predicted octanol–water partition coefficient (Wildman–Crippen LogP) is 2.46. The average molecular weight is 275 g/mol. The molecule has 0 aromatic carbocycles. The van der Waals surface area contributed by atoms with Gasteiger partial charge in [0, 0.05) is 17.5 Å². The number of fused-ring (bicyclic) bond motifs is 1. The van der Waals surface area contributed by atoms with Gasteiger partial charge in [-0.05, 0) is 30.9 Å². The number of carbonyl (C=O) groups excluding carboxylic acids is 1. The number of nitrogens with two attached hydrogens (primary N) is 1. The van der Waals surface area contributed by atoms with E-state index in [4.69, 9.17) is 17.3 Å². The van der Waals surface area contributed by atoms with Crippen molar-refractivity contribution in [2.45, 2.75) is 25.3 Å². The maximum absolute atomic E-state index is 10.4. The number of aryl methyl sites for hydroxylation is 1. The van der Waals surface area contributed by atoms with E-state index in [9.17, 15) is 4.79 Å². The van der Waals surface area contributed by atoms with Gasteiger partial charge in [-0.2, -0.15) is 0 Å². The van der Waals surface area contributed by atoms with Crippen molar-refractivity contribution in [3.63, 3.8) is 0 Å². The molecule has 6 heteroatoms. The number of ether oxygens (including phenoxy) is 1. The molecule has 1 aliphatic carbocycles. The molecule has 0 spiro atoms. The quantitative estimate of drug-likeness (QED) is 0.829. The summed E-state index contributed by atoms with van der Waals surface area (Å²) in [4.78, 5) is 11.8. The normalized spacial score (nSPS) is 18.8. The van der Waals surface area contributed by atoms with Crippen LogP contribution in [0.1, 0.15) is 29.3 Å². The van der Waals surface area contributed by atoms with Crippen molar-refractivity contribution in [2.75, 3.05) is 13.2 Å². The van der Waals surface area contributed by atoms with E-state index in [1.54, 1.807) is 11.3 Å². The van der Waals surface area contributed by atoms with E-state index < -0.39 is 6.09 Å². The molecule has 0 saturated carbocycles. The number of hydrogen-bond acceptors (Lipinski definition) is 4. The van der Waals surface area contributed by atoms with Crippen LogP contribution in [-0.2, 0) is 11.2 Å². The number of hydrogen-bond donors (Lipinski definition) is 2. The molecule has 0 aliphatic heterocycles. The van der Waals surface area contributed by atoms with E-state index in [1.165, 1.54) is 10.4 Å². The first-order chi connectivity index (χ1) is 8.16. The molecule has 17 heavy (non-hydrogen) atoms. The summed E-state index contributed by atoms with van der Waals surface area (Å²) in [6, 6.07) is 2.35. The average Bonchev–Trinajstić information content (AvgIpc) is 2.65. The topological polar surface area (TPSA) is 64.4 Å². The van der Waals surface area contributed by atoms with Gasteiger partial charge in [0.05, 0.1) is 4.34 Å². The first-order valence-electron chi connectivity index (χ1n) is 5.60. The monoisotopic (exact) mass is 274 g/mol. The van der Waals surface area contributed by atoms with Gasteiger partial charge in [0.15, 0.2) is 0 Å². The second-order valence-corrected chi connectivity index (χ2v) is 5.76. The molecule has 0 saturated heterocycles. The molecule has 1 aromatic rings. The molecular weight excluding hydrogens is 260 g/mol. The zero-order chi connectivity index (χ0) is 12.3. The maximum atomic E-state index is 10.4. The lowest BCUT2D eigenvalue weighted by Gasteiger charge is -2.23. The van der Waals surface area contributed by atoms with Gasteiger partial charge in [-0.1, -0.05) is 11.6 Å². The highest BCUT2D eigenvalue weighted by Gasteiger charge is 2.22. The van der Waals surface area contributed by atoms with E-state index in [-0.39, 0.29) is 0 Å². The van der Waals surface area contributed by atoms with Crippen molar-refractivity contribution in [3.8, 4) is 0 Å². The van der Waals surface area contributed by atoms with Crippen LogP contribution in [0.5, 0.6) is 0 Å². The molecular formula is C11H15ClN2O2S. The van der Waals surface area contributed by atoms with Gasteiger partial charge in [0.25, 0.3) is 0 Å². The second-order valence-electron chi connectivity index (χ2n) is 4.00. The van der Waals surface area contributed by atoms with Crippen LogP contribution < -0.4 is 11.1 Å². The summed E-state index contributed by atoms with van der Waals surface area (Å²) in [6.07, 6.45) is 2.65. The summed E-state index contributed by atoms with van der Waals surface area (Å²) in [7, 11) is 0. The SMILES string of the molecule is NC(=O)OCCNC1CCCc2sc(Cl)cc21. The summed E-state index contributed by atoms with van der Waals surface area (Å²) >= 11 is 7.68. The molecule has 2 rings (SSSR count). The number of primary amides is 1. The van der Waals surface area contributed by atoms with Crippen LogP contribution in [0.25, 0.3) is 0 Å². The van der Waals surface area contributed by atoms with Crippen LogP contribution in [0.2, 0.25) is 4.34 Å². The van der Waals surface area contributed by atoms with Crippen LogP contribution in [0, 0.1) is 0 Å². The minimum Gasteiger partial charge on any atom is -0.448 e. The molecule has 94 valence electrons. The number of amides is 1. The van der Waals surface area contributed by atoms with Crippen molar-refractivity contribution in [1.82, 2.24) is 5.32 Å². The van der Waals surface area contributed by atoms with Crippen LogP contribution >= 0.6 is 22.9 Å². The van der Waals surface area contributed by atoms with Gasteiger partial charge in [0.1, 0.15) is 6.61 Å². The molecule has 1 amide bonds. The third-order valence-electron chi connectivity index (χ3n) is 2.82. The summed E-state index contributed by atoms with van der Waals surface area (Å²) in [5, 5.41) is 3.36. The third-order valence-corrected chi connectivity index (χ3v) is 4.16. The number of rotatable bonds is 4. The molecule has 0 bridgehead atoms. The van der Waals surface area contributed by atoms with Gasteiger partial charge in [-0.15, -0.1) is 11.3 Å². The fourth-order valence-corrected chi connectivity index (χ4v) is 3.50. The Bertz CT molecular complexity index is 408. The molecule has 0 radical (unpaired) electrons. The maximum Gasteiger partial charge on any atom is 0.404 e. The minimum absolute atomic E-state index is 0.305. The molecule has 1 aliphatic rings. The minimum atomic E-state index is -0.727. The van der Waals surface area contributed by atoms with Gasteiger partial charge in [-0.3, -0.25) is 0 Å². The zero-order valence-electron chi connectivity index (χ0n) is 9.37. The fourth-order valence-electron chi connectivity index (χ4n) is 2.12. The van der Waals surface area contributed by atoms with Gasteiger partial charge in [0.2, 0.25) is 0 Å². The van der Waals surface area contributed by atoms with Crippen molar-refractivity contribution >= 4 is 29.0 Å². The summed E-state index contributed by atoms with van der Waals surface area (Å²) in [6.45, 7) is 0.916. The lowest BCUT2D eigenvalue weighted by atomic mass is 9.94. The summed E-state index contributed by atoms with van der Waals surface area (Å²) < 4.78 is 5.52. The molecule has 1 atom stereocenters. The Balaban J connectivity index is 1.88. The molecule has 1 unspecified atom stereocenters. The summed E-state index contributed by atoms with van der Waals surface area (Å²) in [5.74, 6) is 0.